The zero-order chi connectivity index (χ0) is 15.1. The van der Waals surface area contributed by atoms with E-state index in [1.54, 1.807) is 12.4 Å². The van der Waals surface area contributed by atoms with E-state index >= 15 is 0 Å². The summed E-state index contributed by atoms with van der Waals surface area (Å²) in [6.07, 6.45) is 3.44. The van der Waals surface area contributed by atoms with Crippen LogP contribution in [0.15, 0.2) is 42.7 Å². The van der Waals surface area contributed by atoms with Gasteiger partial charge in [0, 0.05) is 33.0 Å². The van der Waals surface area contributed by atoms with Crippen LogP contribution in [0.5, 0.6) is 0 Å². The first-order chi connectivity index (χ1) is 10.1. The van der Waals surface area contributed by atoms with Crippen LogP contribution in [0.2, 0.25) is 0 Å². The van der Waals surface area contributed by atoms with Gasteiger partial charge in [-0.1, -0.05) is 6.07 Å². The molecule has 0 aromatic carbocycles. The molecule has 0 saturated heterocycles. The third-order valence-electron chi connectivity index (χ3n) is 2.88. The highest BCUT2D eigenvalue weighted by atomic mass is 16.2. The van der Waals surface area contributed by atoms with Crippen LogP contribution >= 0.6 is 0 Å². The zero-order valence-electron chi connectivity index (χ0n) is 12.2. The topological polar surface area (TPSA) is 70.2 Å². The summed E-state index contributed by atoms with van der Waals surface area (Å²) in [6, 6.07) is 9.21. The van der Waals surface area contributed by atoms with Crippen molar-refractivity contribution in [1.82, 2.24) is 20.6 Å². The lowest BCUT2D eigenvalue weighted by Crippen LogP contribution is -2.34. The predicted molar refractivity (Wildman–Crippen MR) is 81.9 cm³/mol. The van der Waals surface area contributed by atoms with Gasteiger partial charge in [0.25, 0.3) is 0 Å². The van der Waals surface area contributed by atoms with E-state index in [0.29, 0.717) is 13.1 Å². The molecule has 2 aromatic heterocycles. The maximum absolute atomic E-state index is 11.7. The predicted octanol–water partition coefficient (Wildman–Crippen LogP) is 1.54. The number of aromatic nitrogens is 2. The number of hydrogen-bond donors (Lipinski definition) is 2. The molecule has 0 radical (unpaired) electrons. The quantitative estimate of drug-likeness (QED) is 0.874. The Labute approximate surface area is 124 Å². The van der Waals surface area contributed by atoms with Crippen LogP contribution < -0.4 is 15.5 Å². The normalized spacial score (nSPS) is 10.0. The summed E-state index contributed by atoms with van der Waals surface area (Å²) in [5, 5.41) is 5.58. The van der Waals surface area contributed by atoms with Gasteiger partial charge in [0.1, 0.15) is 5.82 Å². The molecule has 21 heavy (non-hydrogen) atoms. The molecular weight excluding hydrogens is 266 g/mol. The number of rotatable bonds is 5. The molecule has 110 valence electrons. The summed E-state index contributed by atoms with van der Waals surface area (Å²) < 4.78 is 0. The van der Waals surface area contributed by atoms with Crippen LogP contribution in [-0.2, 0) is 13.1 Å². The Morgan fingerprint density at radius 1 is 1.10 bits per heavy atom. The van der Waals surface area contributed by atoms with Gasteiger partial charge in [-0.05, 0) is 29.8 Å². The van der Waals surface area contributed by atoms with E-state index in [1.807, 2.05) is 49.3 Å². The number of carbonyl (C=O) groups is 1. The number of nitrogens with one attached hydrogen (secondary N) is 2. The maximum atomic E-state index is 11.7. The summed E-state index contributed by atoms with van der Waals surface area (Å²) in [6.45, 7) is 0.864. The number of nitrogens with zero attached hydrogens (tertiary/aromatic N) is 3. The summed E-state index contributed by atoms with van der Waals surface area (Å²) >= 11 is 0. The van der Waals surface area contributed by atoms with Crippen molar-refractivity contribution in [1.29, 1.82) is 0 Å². The fraction of sp³-hybridized carbons (Fsp3) is 0.267. The monoisotopic (exact) mass is 285 g/mol. The zero-order valence-corrected chi connectivity index (χ0v) is 12.2. The van der Waals surface area contributed by atoms with E-state index in [-0.39, 0.29) is 6.03 Å². The van der Waals surface area contributed by atoms with Gasteiger partial charge < -0.3 is 15.5 Å². The molecule has 0 aliphatic heterocycles. The van der Waals surface area contributed by atoms with Crippen molar-refractivity contribution >= 4 is 11.8 Å². The average Bonchev–Trinajstić information content (AvgIpc) is 2.52. The molecule has 0 aliphatic carbocycles. The summed E-state index contributed by atoms with van der Waals surface area (Å²) in [5.41, 5.74) is 1.83. The van der Waals surface area contributed by atoms with Gasteiger partial charge in [0.05, 0.1) is 12.2 Å². The van der Waals surface area contributed by atoms with Gasteiger partial charge in [-0.25, -0.2) is 9.78 Å². The molecule has 0 saturated carbocycles. The fourth-order valence-corrected chi connectivity index (χ4v) is 1.73. The van der Waals surface area contributed by atoms with Gasteiger partial charge in [0.2, 0.25) is 0 Å². The number of anilines is 1. The van der Waals surface area contributed by atoms with E-state index in [0.717, 1.165) is 17.1 Å². The van der Waals surface area contributed by atoms with Gasteiger partial charge in [-0.15, -0.1) is 0 Å². The Balaban J connectivity index is 1.80. The molecule has 0 spiro atoms. The summed E-state index contributed by atoms with van der Waals surface area (Å²) in [5.74, 6) is 0.864. The minimum atomic E-state index is -0.219. The second kappa shape index (κ2) is 7.23. The van der Waals surface area contributed by atoms with Crippen molar-refractivity contribution in [2.75, 3.05) is 19.0 Å². The molecule has 0 unspecified atom stereocenters. The van der Waals surface area contributed by atoms with E-state index in [2.05, 4.69) is 20.6 Å². The molecule has 2 rings (SSSR count). The van der Waals surface area contributed by atoms with Crippen LogP contribution in [0.3, 0.4) is 0 Å². The van der Waals surface area contributed by atoms with Crippen molar-refractivity contribution in [3.05, 3.63) is 54.0 Å². The molecule has 2 aromatic rings. The third-order valence-corrected chi connectivity index (χ3v) is 2.88. The average molecular weight is 285 g/mol. The highest BCUT2D eigenvalue weighted by Gasteiger charge is 2.03. The molecule has 2 heterocycles. The van der Waals surface area contributed by atoms with Gasteiger partial charge >= 0.3 is 6.03 Å². The van der Waals surface area contributed by atoms with Crippen LogP contribution in [0.25, 0.3) is 0 Å². The standard InChI is InChI=1S/C15H19N5O/c1-20(2)14-9-12(6-8-17-14)10-18-15(21)19-11-13-5-3-4-7-16-13/h3-9H,10-11H2,1-2H3,(H2,18,19,21). The number of hydrogen-bond acceptors (Lipinski definition) is 4. The highest BCUT2D eigenvalue weighted by molar-refractivity contribution is 5.73. The number of pyridine rings is 2. The molecule has 6 nitrogen and oxygen atoms in total. The van der Waals surface area contributed by atoms with Crippen molar-refractivity contribution < 1.29 is 4.79 Å². The Morgan fingerprint density at radius 3 is 2.62 bits per heavy atom. The molecule has 0 aliphatic rings. The molecule has 6 heteroatoms. The molecular formula is C15H19N5O. The van der Waals surface area contributed by atoms with Crippen LogP contribution in [0.4, 0.5) is 10.6 Å². The van der Waals surface area contributed by atoms with Crippen molar-refractivity contribution in [2.45, 2.75) is 13.1 Å². The van der Waals surface area contributed by atoms with Gasteiger partial charge in [-0.3, -0.25) is 4.98 Å². The Kier molecular flexibility index (Phi) is 5.09. The first-order valence-corrected chi connectivity index (χ1v) is 6.69. The lowest BCUT2D eigenvalue weighted by atomic mass is 10.2. The Morgan fingerprint density at radius 2 is 1.90 bits per heavy atom. The molecule has 0 atom stereocenters. The lowest BCUT2D eigenvalue weighted by molar-refractivity contribution is 0.240. The maximum Gasteiger partial charge on any atom is 0.315 e. The fourth-order valence-electron chi connectivity index (χ4n) is 1.73. The third kappa shape index (κ3) is 4.76. The highest BCUT2D eigenvalue weighted by Crippen LogP contribution is 2.09. The Bertz CT molecular complexity index is 586. The van der Waals surface area contributed by atoms with Crippen molar-refractivity contribution in [2.24, 2.45) is 0 Å². The lowest BCUT2D eigenvalue weighted by Gasteiger charge is -2.12. The smallest absolute Gasteiger partial charge is 0.315 e. The first-order valence-electron chi connectivity index (χ1n) is 6.69. The largest absolute Gasteiger partial charge is 0.363 e. The van der Waals surface area contributed by atoms with Crippen LogP contribution in [0.1, 0.15) is 11.3 Å². The second-order valence-electron chi connectivity index (χ2n) is 4.77. The van der Waals surface area contributed by atoms with Gasteiger partial charge in [0.15, 0.2) is 0 Å². The summed E-state index contributed by atoms with van der Waals surface area (Å²) in [7, 11) is 3.86. The second-order valence-corrected chi connectivity index (χ2v) is 4.77. The SMILES string of the molecule is CN(C)c1cc(CNC(=O)NCc2ccccn2)ccn1. The van der Waals surface area contributed by atoms with Crippen LogP contribution in [-0.4, -0.2) is 30.1 Å². The molecule has 2 amide bonds. The van der Waals surface area contributed by atoms with Crippen molar-refractivity contribution in [3.63, 3.8) is 0 Å². The Hall–Kier alpha value is -2.63. The number of amides is 2. The molecule has 0 fully saturated rings. The van der Waals surface area contributed by atoms with E-state index in [1.165, 1.54) is 0 Å². The van der Waals surface area contributed by atoms with Crippen molar-refractivity contribution in [3.8, 4) is 0 Å². The van der Waals surface area contributed by atoms with E-state index < -0.39 is 0 Å². The van der Waals surface area contributed by atoms with E-state index in [9.17, 15) is 4.79 Å². The molecule has 2 N–H and O–H groups in total. The van der Waals surface area contributed by atoms with Gasteiger partial charge in [-0.2, -0.15) is 0 Å². The minimum Gasteiger partial charge on any atom is -0.363 e. The van der Waals surface area contributed by atoms with E-state index in [4.69, 9.17) is 0 Å². The minimum absolute atomic E-state index is 0.219. The summed E-state index contributed by atoms with van der Waals surface area (Å²) in [4.78, 5) is 22.0. The number of urea groups is 1. The first kappa shape index (κ1) is 14.8. The van der Waals surface area contributed by atoms with Crippen LogP contribution in [0, 0.1) is 0 Å². The number of carbonyl (C=O) groups excluding carboxylic acids is 1. The molecule has 0 bridgehead atoms.